The van der Waals surface area contributed by atoms with Crippen molar-refractivity contribution in [2.75, 3.05) is 0 Å². The smallest absolute Gasteiger partial charge is 0.336 e. The standard InChI is InChI=1S/C23H19NO6/c1-12-8-18-15(10-20(25)30-19(18)9-13(12)2)11-29-23(28)14(3)24-21(26)16-6-4-5-7-17(16)22(24)27/h4-10,14H,11H2,1-3H3. The molecule has 0 saturated heterocycles. The SMILES string of the molecule is Cc1cc2oc(=O)cc(COC(=O)C(C)N3C(=O)c4ccccc4C3=O)c2cc1C. The topological polar surface area (TPSA) is 93.9 Å². The second kappa shape index (κ2) is 7.26. The van der Waals surface area contributed by atoms with E-state index in [1.54, 1.807) is 30.3 Å². The van der Waals surface area contributed by atoms with Crippen LogP contribution >= 0.6 is 0 Å². The van der Waals surface area contributed by atoms with Crippen LogP contribution in [0.25, 0.3) is 11.0 Å². The van der Waals surface area contributed by atoms with Crippen LogP contribution in [-0.2, 0) is 16.1 Å². The monoisotopic (exact) mass is 405 g/mol. The number of carbonyl (C=O) groups is 3. The Morgan fingerprint density at radius 3 is 2.23 bits per heavy atom. The van der Waals surface area contributed by atoms with Crippen molar-refractivity contribution in [2.24, 2.45) is 0 Å². The number of aryl methyl sites for hydroxylation is 2. The molecule has 0 fully saturated rings. The van der Waals surface area contributed by atoms with E-state index in [4.69, 9.17) is 9.15 Å². The van der Waals surface area contributed by atoms with Gasteiger partial charge < -0.3 is 9.15 Å². The number of rotatable bonds is 4. The first-order chi connectivity index (χ1) is 14.3. The summed E-state index contributed by atoms with van der Waals surface area (Å²) in [7, 11) is 0. The van der Waals surface area contributed by atoms with E-state index in [1.165, 1.54) is 13.0 Å². The molecule has 152 valence electrons. The number of fused-ring (bicyclic) bond motifs is 2. The van der Waals surface area contributed by atoms with Crippen molar-refractivity contribution in [2.45, 2.75) is 33.4 Å². The van der Waals surface area contributed by atoms with Gasteiger partial charge in [-0.15, -0.1) is 0 Å². The fourth-order valence-corrected chi connectivity index (χ4v) is 3.54. The lowest BCUT2D eigenvalue weighted by Crippen LogP contribution is -2.43. The Hall–Kier alpha value is -3.74. The molecule has 1 aliphatic heterocycles. The lowest BCUT2D eigenvalue weighted by atomic mass is 10.0. The zero-order chi connectivity index (χ0) is 21.6. The van der Waals surface area contributed by atoms with E-state index in [9.17, 15) is 19.2 Å². The third kappa shape index (κ3) is 3.18. The average molecular weight is 405 g/mol. The number of hydrogen-bond acceptors (Lipinski definition) is 6. The minimum Gasteiger partial charge on any atom is -0.459 e. The summed E-state index contributed by atoms with van der Waals surface area (Å²) >= 11 is 0. The van der Waals surface area contributed by atoms with Gasteiger partial charge in [-0.1, -0.05) is 12.1 Å². The van der Waals surface area contributed by atoms with E-state index < -0.39 is 29.5 Å². The molecule has 1 aromatic heterocycles. The summed E-state index contributed by atoms with van der Waals surface area (Å²) in [6.45, 7) is 5.09. The van der Waals surface area contributed by atoms with Crippen molar-refractivity contribution in [3.63, 3.8) is 0 Å². The quantitative estimate of drug-likeness (QED) is 0.376. The summed E-state index contributed by atoms with van der Waals surface area (Å²) in [5.41, 5.74) is 2.85. The van der Waals surface area contributed by atoms with Gasteiger partial charge in [0.15, 0.2) is 0 Å². The molecule has 0 N–H and O–H groups in total. The second-order valence-electron chi connectivity index (χ2n) is 7.33. The summed E-state index contributed by atoms with van der Waals surface area (Å²) in [6, 6.07) is 10.2. The molecule has 0 saturated carbocycles. The second-order valence-corrected chi connectivity index (χ2v) is 7.33. The molecular formula is C23H19NO6. The normalized spacial score (nSPS) is 14.2. The fraction of sp³-hybridized carbons (Fsp3) is 0.217. The van der Waals surface area contributed by atoms with Gasteiger partial charge in [-0.2, -0.15) is 0 Å². The lowest BCUT2D eigenvalue weighted by Gasteiger charge is -2.21. The van der Waals surface area contributed by atoms with Crippen molar-refractivity contribution in [1.82, 2.24) is 4.90 Å². The maximum Gasteiger partial charge on any atom is 0.336 e. The van der Waals surface area contributed by atoms with Crippen LogP contribution in [0, 0.1) is 13.8 Å². The van der Waals surface area contributed by atoms with E-state index in [2.05, 4.69) is 0 Å². The minimum absolute atomic E-state index is 0.184. The molecule has 0 spiro atoms. The van der Waals surface area contributed by atoms with Crippen molar-refractivity contribution >= 4 is 28.8 Å². The molecule has 2 aromatic carbocycles. The maximum absolute atomic E-state index is 12.6. The summed E-state index contributed by atoms with van der Waals surface area (Å²) in [5, 5.41) is 0.666. The molecule has 0 radical (unpaired) electrons. The van der Waals surface area contributed by atoms with Crippen molar-refractivity contribution in [1.29, 1.82) is 0 Å². The van der Waals surface area contributed by atoms with E-state index in [0.29, 0.717) is 16.5 Å². The number of imide groups is 1. The van der Waals surface area contributed by atoms with Crippen LogP contribution in [0.4, 0.5) is 0 Å². The van der Waals surface area contributed by atoms with Gasteiger partial charge in [0.25, 0.3) is 11.8 Å². The summed E-state index contributed by atoms with van der Waals surface area (Å²) in [5.74, 6) is -1.80. The number of carbonyl (C=O) groups excluding carboxylic acids is 3. The van der Waals surface area contributed by atoms with Gasteiger partial charge in [0.1, 0.15) is 18.2 Å². The molecule has 2 amide bonds. The van der Waals surface area contributed by atoms with Crippen LogP contribution < -0.4 is 5.63 Å². The molecule has 30 heavy (non-hydrogen) atoms. The molecule has 7 heteroatoms. The number of esters is 1. The molecule has 0 bridgehead atoms. The third-order valence-electron chi connectivity index (χ3n) is 5.37. The Bertz CT molecular complexity index is 1240. The van der Waals surface area contributed by atoms with Crippen molar-refractivity contribution < 1.29 is 23.5 Å². The molecular weight excluding hydrogens is 386 g/mol. The molecule has 2 heterocycles. The molecule has 4 rings (SSSR count). The highest BCUT2D eigenvalue weighted by Gasteiger charge is 2.41. The third-order valence-corrected chi connectivity index (χ3v) is 5.37. The highest BCUT2D eigenvalue weighted by Crippen LogP contribution is 2.26. The number of benzene rings is 2. The molecule has 1 unspecified atom stereocenters. The van der Waals surface area contributed by atoms with Gasteiger partial charge in [0.2, 0.25) is 0 Å². The van der Waals surface area contributed by atoms with E-state index in [0.717, 1.165) is 16.0 Å². The fourth-order valence-electron chi connectivity index (χ4n) is 3.54. The van der Waals surface area contributed by atoms with Crippen molar-refractivity contribution in [3.8, 4) is 0 Å². The zero-order valence-electron chi connectivity index (χ0n) is 16.7. The average Bonchev–Trinajstić information content (AvgIpc) is 2.97. The molecule has 1 aliphatic rings. The zero-order valence-corrected chi connectivity index (χ0v) is 16.7. The minimum atomic E-state index is -1.10. The van der Waals surface area contributed by atoms with Gasteiger partial charge in [-0.05, 0) is 56.2 Å². The predicted molar refractivity (Wildman–Crippen MR) is 108 cm³/mol. The molecule has 0 aliphatic carbocycles. The highest BCUT2D eigenvalue weighted by atomic mass is 16.5. The van der Waals surface area contributed by atoms with E-state index >= 15 is 0 Å². The van der Waals surface area contributed by atoms with Crippen LogP contribution in [-0.4, -0.2) is 28.7 Å². The molecule has 1 atom stereocenters. The molecule has 7 nitrogen and oxygen atoms in total. The Kier molecular flexibility index (Phi) is 4.73. The van der Waals surface area contributed by atoms with E-state index in [1.807, 2.05) is 19.9 Å². The van der Waals surface area contributed by atoms with Crippen LogP contribution in [0.5, 0.6) is 0 Å². The number of hydrogen-bond donors (Lipinski definition) is 0. The Labute approximate surface area is 171 Å². The number of amides is 2. The summed E-state index contributed by atoms with van der Waals surface area (Å²) in [4.78, 5) is 50.5. The van der Waals surface area contributed by atoms with Gasteiger partial charge in [-0.25, -0.2) is 9.59 Å². The van der Waals surface area contributed by atoms with Crippen LogP contribution in [0.1, 0.15) is 44.3 Å². The highest BCUT2D eigenvalue weighted by molar-refractivity contribution is 6.22. The number of ether oxygens (including phenoxy) is 1. The van der Waals surface area contributed by atoms with Gasteiger partial charge >= 0.3 is 11.6 Å². The van der Waals surface area contributed by atoms with Crippen molar-refractivity contribution in [3.05, 3.63) is 80.7 Å². The first kappa shape index (κ1) is 19.6. The summed E-state index contributed by atoms with van der Waals surface area (Å²) < 4.78 is 10.6. The van der Waals surface area contributed by atoms with Gasteiger partial charge in [-0.3, -0.25) is 14.5 Å². The van der Waals surface area contributed by atoms with Gasteiger partial charge in [0, 0.05) is 17.0 Å². The Morgan fingerprint density at radius 2 is 1.60 bits per heavy atom. The largest absolute Gasteiger partial charge is 0.459 e. The van der Waals surface area contributed by atoms with Crippen LogP contribution in [0.3, 0.4) is 0 Å². The Balaban J connectivity index is 1.56. The number of nitrogens with zero attached hydrogens (tertiary/aromatic N) is 1. The lowest BCUT2D eigenvalue weighted by molar-refractivity contribution is -0.149. The summed E-state index contributed by atoms with van der Waals surface area (Å²) in [6.07, 6.45) is 0. The van der Waals surface area contributed by atoms with Crippen LogP contribution in [0.15, 0.2) is 51.7 Å². The van der Waals surface area contributed by atoms with Crippen LogP contribution in [0.2, 0.25) is 0 Å². The Morgan fingerprint density at radius 1 is 1.00 bits per heavy atom. The maximum atomic E-state index is 12.6. The first-order valence-electron chi connectivity index (χ1n) is 9.45. The molecule has 3 aromatic rings. The first-order valence-corrected chi connectivity index (χ1v) is 9.45. The van der Waals surface area contributed by atoms with Gasteiger partial charge in [0.05, 0.1) is 11.1 Å². The van der Waals surface area contributed by atoms with E-state index in [-0.39, 0.29) is 17.7 Å². The predicted octanol–water partition coefficient (Wildman–Crippen LogP) is 3.14.